The number of ether oxygens (including phenoxy) is 1. The highest BCUT2D eigenvalue weighted by atomic mass is 19.4. The molecule has 1 saturated heterocycles. The molecule has 0 saturated carbocycles. The highest BCUT2D eigenvalue weighted by molar-refractivity contribution is 5.67. The second-order valence-electron chi connectivity index (χ2n) is 5.00. The lowest BCUT2D eigenvalue weighted by Gasteiger charge is -2.34. The van der Waals surface area contributed by atoms with E-state index in [1.54, 1.807) is 6.07 Å². The molecule has 1 aromatic carbocycles. The normalized spacial score (nSPS) is 20.4. The van der Waals surface area contributed by atoms with Crippen LogP contribution in [0, 0.1) is 0 Å². The second-order valence-corrected chi connectivity index (χ2v) is 5.00. The van der Waals surface area contributed by atoms with Crippen molar-refractivity contribution in [3.8, 4) is 0 Å². The molecule has 0 spiro atoms. The van der Waals surface area contributed by atoms with Gasteiger partial charge in [-0.05, 0) is 11.6 Å². The van der Waals surface area contributed by atoms with Crippen LogP contribution in [0.5, 0.6) is 0 Å². The van der Waals surface area contributed by atoms with Gasteiger partial charge in [0.25, 0.3) is 0 Å². The third kappa shape index (κ3) is 4.44. The highest BCUT2D eigenvalue weighted by Crippen LogP contribution is 2.30. The van der Waals surface area contributed by atoms with E-state index in [4.69, 9.17) is 9.84 Å². The fraction of sp³-hybridized carbons (Fsp3) is 0.500. The second kappa shape index (κ2) is 6.44. The smallest absolute Gasteiger partial charge is 0.416 e. The maximum Gasteiger partial charge on any atom is 0.416 e. The third-order valence-corrected chi connectivity index (χ3v) is 3.40. The number of alkyl halides is 3. The highest BCUT2D eigenvalue weighted by Gasteiger charge is 2.31. The van der Waals surface area contributed by atoms with Gasteiger partial charge in [0.15, 0.2) is 0 Å². The van der Waals surface area contributed by atoms with Crippen LogP contribution in [0.2, 0.25) is 0 Å². The molecule has 1 heterocycles. The van der Waals surface area contributed by atoms with Gasteiger partial charge in [0.2, 0.25) is 0 Å². The molecule has 2 rings (SSSR count). The van der Waals surface area contributed by atoms with Crippen LogP contribution >= 0.6 is 0 Å². The Bertz CT molecular complexity index is 504. The van der Waals surface area contributed by atoms with Gasteiger partial charge < -0.3 is 9.84 Å². The van der Waals surface area contributed by atoms with Crippen LogP contribution in [0.4, 0.5) is 13.2 Å². The number of morpholine rings is 1. The fourth-order valence-corrected chi connectivity index (χ4v) is 2.37. The molecule has 1 aliphatic heterocycles. The van der Waals surface area contributed by atoms with Crippen LogP contribution in [0.3, 0.4) is 0 Å². The number of rotatable bonds is 4. The molecule has 1 N–H and O–H groups in total. The predicted molar refractivity (Wildman–Crippen MR) is 68.7 cm³/mol. The van der Waals surface area contributed by atoms with Gasteiger partial charge in [0, 0.05) is 19.1 Å². The van der Waals surface area contributed by atoms with Crippen LogP contribution < -0.4 is 0 Å². The lowest BCUT2D eigenvalue weighted by molar-refractivity contribution is -0.140. The maximum atomic E-state index is 12.7. The van der Waals surface area contributed by atoms with Crippen molar-refractivity contribution in [1.29, 1.82) is 0 Å². The number of carboxylic acids is 1. The zero-order valence-corrected chi connectivity index (χ0v) is 11.3. The van der Waals surface area contributed by atoms with Gasteiger partial charge in [-0.2, -0.15) is 13.2 Å². The number of benzene rings is 1. The average Bonchev–Trinajstić information content (AvgIpc) is 2.40. The number of carboxylic acid groups (broad SMARTS) is 1. The van der Waals surface area contributed by atoms with Crippen LogP contribution in [0.1, 0.15) is 17.5 Å². The number of halogens is 3. The minimum atomic E-state index is -4.37. The van der Waals surface area contributed by atoms with Crippen LogP contribution in [0.25, 0.3) is 0 Å². The zero-order chi connectivity index (χ0) is 15.5. The van der Waals surface area contributed by atoms with Crippen LogP contribution in [0.15, 0.2) is 24.3 Å². The molecule has 1 atom stereocenters. The number of carbonyl (C=O) groups is 1. The molecule has 0 radical (unpaired) electrons. The Kier molecular flexibility index (Phi) is 4.84. The summed E-state index contributed by atoms with van der Waals surface area (Å²) in [6.45, 7) is 1.53. The Balaban J connectivity index is 2.10. The molecule has 1 fully saturated rings. The van der Waals surface area contributed by atoms with Gasteiger partial charge in [-0.1, -0.05) is 18.2 Å². The van der Waals surface area contributed by atoms with E-state index in [2.05, 4.69) is 0 Å². The summed E-state index contributed by atoms with van der Waals surface area (Å²) < 4.78 is 43.3. The first-order valence-electron chi connectivity index (χ1n) is 6.56. The summed E-state index contributed by atoms with van der Waals surface area (Å²) in [6.07, 6.45) is -4.46. The predicted octanol–water partition coefficient (Wildman–Crippen LogP) is 2.38. The number of aliphatic carboxylic acids is 1. The molecule has 0 amide bonds. The van der Waals surface area contributed by atoms with E-state index < -0.39 is 17.7 Å². The summed E-state index contributed by atoms with van der Waals surface area (Å²) in [5, 5.41) is 8.87. The number of hydrogen-bond donors (Lipinski definition) is 1. The molecule has 116 valence electrons. The van der Waals surface area contributed by atoms with E-state index in [1.807, 2.05) is 4.90 Å². The van der Waals surface area contributed by atoms with Crippen molar-refractivity contribution in [1.82, 2.24) is 4.90 Å². The van der Waals surface area contributed by atoms with Crippen LogP contribution in [-0.2, 0) is 22.3 Å². The first-order chi connectivity index (χ1) is 9.86. The fourth-order valence-electron chi connectivity index (χ4n) is 2.37. The van der Waals surface area contributed by atoms with Crippen LogP contribution in [-0.4, -0.2) is 41.8 Å². The monoisotopic (exact) mass is 303 g/mol. The largest absolute Gasteiger partial charge is 0.481 e. The summed E-state index contributed by atoms with van der Waals surface area (Å²) >= 11 is 0. The lowest BCUT2D eigenvalue weighted by Crippen LogP contribution is -2.45. The number of hydrogen-bond acceptors (Lipinski definition) is 3. The SMILES string of the molecule is O=C(O)C[C@@H]1COCCN1Cc1cccc(C(F)(F)F)c1. The topological polar surface area (TPSA) is 49.8 Å². The van der Waals surface area contributed by atoms with Gasteiger partial charge in [0.1, 0.15) is 0 Å². The van der Waals surface area contributed by atoms with Crippen molar-refractivity contribution in [2.45, 2.75) is 25.2 Å². The summed E-state index contributed by atoms with van der Waals surface area (Å²) in [6, 6.07) is 4.80. The Hall–Kier alpha value is -1.60. The molecule has 4 nitrogen and oxygen atoms in total. The lowest BCUT2D eigenvalue weighted by atomic mass is 10.1. The van der Waals surface area contributed by atoms with Gasteiger partial charge in [0.05, 0.1) is 25.2 Å². The zero-order valence-electron chi connectivity index (χ0n) is 11.3. The minimum Gasteiger partial charge on any atom is -0.481 e. The van der Waals surface area contributed by atoms with E-state index in [1.165, 1.54) is 6.07 Å². The van der Waals surface area contributed by atoms with Gasteiger partial charge in [-0.25, -0.2) is 0 Å². The number of nitrogens with zero attached hydrogens (tertiary/aromatic N) is 1. The van der Waals surface area contributed by atoms with Crippen molar-refractivity contribution in [3.05, 3.63) is 35.4 Å². The molecular formula is C14H16F3NO3. The van der Waals surface area contributed by atoms with Gasteiger partial charge in [-0.3, -0.25) is 9.69 Å². The van der Waals surface area contributed by atoms with E-state index in [-0.39, 0.29) is 25.6 Å². The van der Waals surface area contributed by atoms with Crippen molar-refractivity contribution in [2.24, 2.45) is 0 Å². The van der Waals surface area contributed by atoms with E-state index in [0.29, 0.717) is 18.7 Å². The molecular weight excluding hydrogens is 287 g/mol. The van der Waals surface area contributed by atoms with E-state index >= 15 is 0 Å². The first kappa shape index (κ1) is 15.8. The quantitative estimate of drug-likeness (QED) is 0.928. The standard InChI is InChI=1S/C14H16F3NO3/c15-14(16,17)11-3-1-2-10(6-11)8-18-4-5-21-9-12(18)7-13(19)20/h1-3,6,12H,4-5,7-9H2,(H,19,20)/t12-/m1/s1. The summed E-state index contributed by atoms with van der Waals surface area (Å²) in [5.74, 6) is -0.945. The molecule has 0 unspecified atom stereocenters. The molecule has 1 aliphatic rings. The molecule has 1 aromatic rings. The molecule has 0 aromatic heterocycles. The average molecular weight is 303 g/mol. The minimum absolute atomic E-state index is 0.0844. The maximum absolute atomic E-state index is 12.7. The summed E-state index contributed by atoms with van der Waals surface area (Å²) in [4.78, 5) is 12.7. The third-order valence-electron chi connectivity index (χ3n) is 3.40. The molecule has 21 heavy (non-hydrogen) atoms. The molecule has 0 aliphatic carbocycles. The van der Waals surface area contributed by atoms with E-state index in [9.17, 15) is 18.0 Å². The Morgan fingerprint density at radius 2 is 2.19 bits per heavy atom. The Morgan fingerprint density at radius 3 is 2.86 bits per heavy atom. The van der Waals surface area contributed by atoms with Crippen molar-refractivity contribution < 1.29 is 27.8 Å². The van der Waals surface area contributed by atoms with Gasteiger partial charge >= 0.3 is 12.1 Å². The molecule has 7 heteroatoms. The summed E-state index contributed by atoms with van der Waals surface area (Å²) in [5.41, 5.74) is -0.176. The summed E-state index contributed by atoms with van der Waals surface area (Å²) in [7, 11) is 0. The van der Waals surface area contributed by atoms with Crippen molar-refractivity contribution in [3.63, 3.8) is 0 Å². The Labute approximate surface area is 120 Å². The Morgan fingerprint density at radius 1 is 1.43 bits per heavy atom. The first-order valence-corrected chi connectivity index (χ1v) is 6.56. The van der Waals surface area contributed by atoms with Crippen molar-refractivity contribution >= 4 is 5.97 Å². The van der Waals surface area contributed by atoms with Gasteiger partial charge in [-0.15, -0.1) is 0 Å². The molecule has 0 bridgehead atoms. The van der Waals surface area contributed by atoms with E-state index in [0.717, 1.165) is 12.1 Å². The van der Waals surface area contributed by atoms with Crippen molar-refractivity contribution in [2.75, 3.05) is 19.8 Å².